The minimum Gasteiger partial charge on any atom is -0.489 e. The molecule has 1 aromatic heterocycles. The Morgan fingerprint density at radius 1 is 1.00 bits per heavy atom. The molecule has 0 amide bonds. The quantitative estimate of drug-likeness (QED) is 0.397. The van der Waals surface area contributed by atoms with Crippen molar-refractivity contribution in [2.45, 2.75) is 45.8 Å². The zero-order chi connectivity index (χ0) is 21.5. The minimum atomic E-state index is -0.946. The molecule has 0 aliphatic carbocycles. The van der Waals surface area contributed by atoms with Gasteiger partial charge in [-0.25, -0.2) is 13.6 Å². The molecule has 2 aromatic carbocycles. The van der Waals surface area contributed by atoms with E-state index < -0.39 is 17.6 Å². The summed E-state index contributed by atoms with van der Waals surface area (Å²) in [6.07, 6.45) is 6.14. The molecule has 0 spiro atoms. The lowest BCUT2D eigenvalue weighted by Crippen LogP contribution is -2.07. The van der Waals surface area contributed by atoms with Gasteiger partial charge in [-0.05, 0) is 42.3 Å². The molecule has 0 aliphatic rings. The van der Waals surface area contributed by atoms with Crippen molar-refractivity contribution in [2.24, 2.45) is 0 Å². The molecule has 0 fully saturated rings. The minimum absolute atomic E-state index is 0.0112. The van der Waals surface area contributed by atoms with E-state index >= 15 is 0 Å². The van der Waals surface area contributed by atoms with Crippen LogP contribution in [0.15, 0.2) is 54.7 Å². The van der Waals surface area contributed by atoms with Crippen molar-refractivity contribution in [1.29, 1.82) is 0 Å². The summed E-state index contributed by atoms with van der Waals surface area (Å²) in [7, 11) is 0. The molecule has 3 rings (SSSR count). The van der Waals surface area contributed by atoms with E-state index in [-0.39, 0.29) is 17.9 Å². The number of carboxylic acid groups (broad SMARTS) is 1. The summed E-state index contributed by atoms with van der Waals surface area (Å²) in [5.41, 5.74) is 2.23. The number of carboxylic acids is 1. The Hall–Kier alpha value is -3.15. The number of nitrogens with zero attached hydrogens (tertiary/aromatic N) is 1. The Morgan fingerprint density at radius 2 is 1.77 bits per heavy atom. The molecule has 6 heteroatoms. The van der Waals surface area contributed by atoms with Crippen LogP contribution in [0.2, 0.25) is 0 Å². The highest BCUT2D eigenvalue weighted by atomic mass is 19.1. The molecular weight excluding hydrogens is 388 g/mol. The van der Waals surface area contributed by atoms with Crippen LogP contribution in [0.1, 0.15) is 48.7 Å². The van der Waals surface area contributed by atoms with E-state index in [0.717, 1.165) is 42.9 Å². The van der Waals surface area contributed by atoms with E-state index in [1.807, 2.05) is 18.3 Å². The van der Waals surface area contributed by atoms with Crippen LogP contribution in [0.4, 0.5) is 8.78 Å². The van der Waals surface area contributed by atoms with Crippen LogP contribution in [-0.4, -0.2) is 15.6 Å². The number of unbranched alkanes of at least 4 members (excludes halogenated alkanes) is 3. The third kappa shape index (κ3) is 5.47. The molecule has 0 unspecified atom stereocenters. The number of hydrogen-bond donors (Lipinski definition) is 1. The first-order chi connectivity index (χ1) is 14.5. The number of aromatic carboxylic acids is 1. The van der Waals surface area contributed by atoms with Gasteiger partial charge in [-0.1, -0.05) is 38.3 Å². The van der Waals surface area contributed by atoms with Gasteiger partial charge in [0.25, 0.3) is 0 Å². The molecule has 0 saturated carbocycles. The van der Waals surface area contributed by atoms with Gasteiger partial charge in [-0.3, -0.25) is 0 Å². The highest BCUT2D eigenvalue weighted by Gasteiger charge is 2.13. The zero-order valence-corrected chi connectivity index (χ0v) is 16.9. The van der Waals surface area contributed by atoms with Crippen molar-refractivity contribution < 1.29 is 23.4 Å². The fourth-order valence-corrected chi connectivity index (χ4v) is 3.28. The first-order valence-electron chi connectivity index (χ1n) is 10.1. The van der Waals surface area contributed by atoms with Crippen LogP contribution in [0, 0.1) is 11.6 Å². The summed E-state index contributed by atoms with van der Waals surface area (Å²) >= 11 is 0. The first kappa shape index (κ1) is 21.6. The maximum Gasteiger partial charge on any atom is 0.352 e. The fourth-order valence-electron chi connectivity index (χ4n) is 3.28. The van der Waals surface area contributed by atoms with E-state index in [2.05, 4.69) is 6.92 Å². The molecule has 0 bridgehead atoms. The van der Waals surface area contributed by atoms with E-state index in [9.17, 15) is 18.7 Å². The summed E-state index contributed by atoms with van der Waals surface area (Å²) in [4.78, 5) is 11.6. The summed E-state index contributed by atoms with van der Waals surface area (Å²) in [5, 5.41) is 9.50. The molecule has 0 radical (unpaired) electrons. The number of aromatic nitrogens is 1. The normalized spacial score (nSPS) is 10.9. The molecule has 0 saturated heterocycles. The van der Waals surface area contributed by atoms with Gasteiger partial charge in [0.2, 0.25) is 0 Å². The second kappa shape index (κ2) is 10.1. The summed E-state index contributed by atoms with van der Waals surface area (Å²) in [5.74, 6) is -1.68. The zero-order valence-electron chi connectivity index (χ0n) is 16.9. The number of halogens is 2. The van der Waals surface area contributed by atoms with Crippen LogP contribution >= 0.6 is 0 Å². The van der Waals surface area contributed by atoms with E-state index in [4.69, 9.17) is 4.74 Å². The fraction of sp³-hybridized carbons (Fsp3) is 0.292. The summed E-state index contributed by atoms with van der Waals surface area (Å²) in [6.45, 7) is 2.80. The molecule has 1 heterocycles. The molecule has 0 aliphatic heterocycles. The predicted molar refractivity (Wildman–Crippen MR) is 112 cm³/mol. The lowest BCUT2D eigenvalue weighted by molar-refractivity contribution is 0.0685. The van der Waals surface area contributed by atoms with Gasteiger partial charge in [0, 0.05) is 29.9 Å². The van der Waals surface area contributed by atoms with Crippen molar-refractivity contribution in [3.8, 4) is 16.9 Å². The van der Waals surface area contributed by atoms with Gasteiger partial charge in [-0.15, -0.1) is 0 Å². The van der Waals surface area contributed by atoms with E-state index in [0.29, 0.717) is 12.3 Å². The average Bonchev–Trinajstić information content (AvgIpc) is 3.15. The molecule has 0 atom stereocenters. The lowest BCUT2D eigenvalue weighted by atomic mass is 10.1. The molecule has 4 nitrogen and oxygen atoms in total. The second-order valence-electron chi connectivity index (χ2n) is 7.22. The highest BCUT2D eigenvalue weighted by molar-refractivity contribution is 5.88. The number of rotatable bonds is 10. The number of carbonyl (C=O) groups is 1. The Kier molecular flexibility index (Phi) is 7.22. The Morgan fingerprint density at radius 3 is 2.43 bits per heavy atom. The van der Waals surface area contributed by atoms with Gasteiger partial charge < -0.3 is 14.4 Å². The first-order valence-corrected chi connectivity index (χ1v) is 10.1. The van der Waals surface area contributed by atoms with Gasteiger partial charge in [0.1, 0.15) is 29.7 Å². The second-order valence-corrected chi connectivity index (χ2v) is 7.22. The smallest absolute Gasteiger partial charge is 0.352 e. The average molecular weight is 413 g/mol. The summed E-state index contributed by atoms with van der Waals surface area (Å²) in [6, 6.07) is 12.2. The van der Waals surface area contributed by atoms with Crippen molar-refractivity contribution in [3.63, 3.8) is 0 Å². The van der Waals surface area contributed by atoms with Crippen molar-refractivity contribution >= 4 is 5.97 Å². The van der Waals surface area contributed by atoms with E-state index in [1.165, 1.54) is 12.1 Å². The number of benzene rings is 2. The molecule has 1 N–H and O–H groups in total. The molecule has 30 heavy (non-hydrogen) atoms. The highest BCUT2D eigenvalue weighted by Crippen LogP contribution is 2.26. The van der Waals surface area contributed by atoms with Crippen molar-refractivity contribution in [3.05, 3.63) is 77.6 Å². The number of hydrogen-bond acceptors (Lipinski definition) is 2. The van der Waals surface area contributed by atoms with Crippen LogP contribution in [0.25, 0.3) is 11.1 Å². The van der Waals surface area contributed by atoms with Gasteiger partial charge in [0.05, 0.1) is 0 Å². The number of aryl methyl sites for hydroxylation is 1. The maximum absolute atomic E-state index is 13.7. The van der Waals surface area contributed by atoms with Gasteiger partial charge in [0.15, 0.2) is 0 Å². The van der Waals surface area contributed by atoms with Gasteiger partial charge >= 0.3 is 5.97 Å². The Labute approximate surface area is 174 Å². The largest absolute Gasteiger partial charge is 0.489 e. The van der Waals surface area contributed by atoms with Crippen LogP contribution in [0.5, 0.6) is 5.75 Å². The third-order valence-corrected chi connectivity index (χ3v) is 4.97. The predicted octanol–water partition coefficient (Wildman–Crippen LogP) is 6.29. The van der Waals surface area contributed by atoms with E-state index in [1.54, 1.807) is 22.8 Å². The van der Waals surface area contributed by atoms with Crippen LogP contribution < -0.4 is 4.74 Å². The molecular formula is C24H25F2NO3. The van der Waals surface area contributed by atoms with Gasteiger partial charge in [-0.2, -0.15) is 0 Å². The van der Waals surface area contributed by atoms with Crippen molar-refractivity contribution in [2.75, 3.05) is 0 Å². The standard InChI is InChI=1S/C24H25F2NO3/c1-2-3-4-5-12-27-15-19(13-23(27)24(28)29)17-7-10-21(11-8-17)30-16-18-6-9-20(25)14-22(18)26/h6-11,13-15H,2-5,12,16H2,1H3,(H,28,29). The molecule has 3 aromatic rings. The van der Waals surface area contributed by atoms with Crippen molar-refractivity contribution in [1.82, 2.24) is 4.57 Å². The maximum atomic E-state index is 13.7. The van der Waals surface area contributed by atoms with Crippen LogP contribution in [0.3, 0.4) is 0 Å². The Balaban J connectivity index is 1.68. The lowest BCUT2D eigenvalue weighted by Gasteiger charge is -2.08. The monoisotopic (exact) mass is 413 g/mol. The summed E-state index contributed by atoms with van der Waals surface area (Å²) < 4.78 is 34.1. The Bertz CT molecular complexity index is 996. The topological polar surface area (TPSA) is 51.5 Å². The third-order valence-electron chi connectivity index (χ3n) is 4.97. The SMILES string of the molecule is CCCCCCn1cc(-c2ccc(OCc3ccc(F)cc3F)cc2)cc1C(=O)O. The molecule has 158 valence electrons. The number of ether oxygens (including phenoxy) is 1. The van der Waals surface area contributed by atoms with Crippen LogP contribution in [-0.2, 0) is 13.2 Å².